The van der Waals surface area contributed by atoms with Gasteiger partial charge in [-0.3, -0.25) is 4.79 Å². The number of nitrogens with one attached hydrogen (secondary N) is 2. The highest BCUT2D eigenvalue weighted by Gasteiger charge is 2.28. The number of hydrogen-bond acceptors (Lipinski definition) is 8. The molecule has 2 N–H and O–H groups in total. The van der Waals surface area contributed by atoms with Crippen LogP contribution >= 0.6 is 0 Å². The molecular formula is C23H24F2N6O2. The highest BCUT2D eigenvalue weighted by molar-refractivity contribution is 5.73. The first kappa shape index (κ1) is 22.4. The maximum absolute atomic E-state index is 13.3. The highest BCUT2D eigenvalue weighted by Crippen LogP contribution is 2.25. The van der Waals surface area contributed by atoms with E-state index < -0.39 is 0 Å². The summed E-state index contributed by atoms with van der Waals surface area (Å²) in [5.41, 5.74) is 1.20. The lowest BCUT2D eigenvalue weighted by Gasteiger charge is -2.31. The number of piperidine rings is 1. The fourth-order valence-corrected chi connectivity index (χ4v) is 3.55. The van der Waals surface area contributed by atoms with Crippen LogP contribution in [0.15, 0.2) is 48.5 Å². The number of esters is 1. The summed E-state index contributed by atoms with van der Waals surface area (Å²) in [7, 11) is 0. The Morgan fingerprint density at radius 3 is 2.03 bits per heavy atom. The Labute approximate surface area is 190 Å². The molecule has 1 aliphatic heterocycles. The summed E-state index contributed by atoms with van der Waals surface area (Å²) in [6.45, 7) is 3.21. The van der Waals surface area contributed by atoms with Gasteiger partial charge >= 0.3 is 5.97 Å². The van der Waals surface area contributed by atoms with Crippen molar-refractivity contribution in [3.63, 3.8) is 0 Å². The second-order valence-electron chi connectivity index (χ2n) is 7.58. The SMILES string of the molecule is CCOC(=O)[C@H]1CCCN(c2nc(Nc3ccc(F)cc3)nc(Nc3ccc(F)cc3)n2)C1. The maximum Gasteiger partial charge on any atom is 0.310 e. The van der Waals surface area contributed by atoms with Crippen LogP contribution in [0, 0.1) is 17.6 Å². The van der Waals surface area contributed by atoms with E-state index in [1.807, 2.05) is 4.90 Å². The van der Waals surface area contributed by atoms with E-state index in [0.29, 0.717) is 37.0 Å². The molecule has 0 radical (unpaired) electrons. The first-order valence-corrected chi connectivity index (χ1v) is 10.7. The Bertz CT molecular complexity index is 1030. The van der Waals surface area contributed by atoms with Crippen molar-refractivity contribution in [2.75, 3.05) is 35.2 Å². The molecule has 33 heavy (non-hydrogen) atoms. The quantitative estimate of drug-likeness (QED) is 0.507. The van der Waals surface area contributed by atoms with E-state index in [1.54, 1.807) is 31.2 Å². The Morgan fingerprint density at radius 2 is 1.52 bits per heavy atom. The van der Waals surface area contributed by atoms with E-state index >= 15 is 0 Å². The van der Waals surface area contributed by atoms with Gasteiger partial charge in [-0.05, 0) is 68.3 Å². The number of benzene rings is 2. The molecule has 0 bridgehead atoms. The van der Waals surface area contributed by atoms with Gasteiger partial charge in [0.25, 0.3) is 0 Å². The summed E-state index contributed by atoms with van der Waals surface area (Å²) in [4.78, 5) is 27.6. The third-order valence-corrected chi connectivity index (χ3v) is 5.15. The molecule has 0 spiro atoms. The number of nitrogens with zero attached hydrogens (tertiary/aromatic N) is 4. The zero-order valence-corrected chi connectivity index (χ0v) is 18.1. The molecule has 0 amide bonds. The molecule has 0 unspecified atom stereocenters. The molecule has 10 heteroatoms. The number of carbonyl (C=O) groups excluding carboxylic acids is 1. The van der Waals surface area contributed by atoms with E-state index in [9.17, 15) is 13.6 Å². The van der Waals surface area contributed by atoms with Crippen LogP contribution < -0.4 is 15.5 Å². The number of halogens is 2. The van der Waals surface area contributed by atoms with Crippen molar-refractivity contribution >= 4 is 35.2 Å². The smallest absolute Gasteiger partial charge is 0.310 e. The molecule has 4 rings (SSSR count). The molecule has 1 fully saturated rings. The summed E-state index contributed by atoms with van der Waals surface area (Å²) in [5.74, 6) is -0.331. The van der Waals surface area contributed by atoms with E-state index in [4.69, 9.17) is 4.74 Å². The van der Waals surface area contributed by atoms with Gasteiger partial charge in [0.2, 0.25) is 17.8 Å². The van der Waals surface area contributed by atoms with E-state index in [0.717, 1.165) is 12.8 Å². The Hall–Kier alpha value is -3.82. The van der Waals surface area contributed by atoms with E-state index in [-0.39, 0.29) is 35.4 Å². The van der Waals surface area contributed by atoms with Gasteiger partial charge < -0.3 is 20.3 Å². The normalized spacial score (nSPS) is 15.7. The third-order valence-electron chi connectivity index (χ3n) is 5.15. The van der Waals surface area contributed by atoms with Crippen molar-refractivity contribution in [2.45, 2.75) is 19.8 Å². The molecule has 3 aromatic rings. The van der Waals surface area contributed by atoms with Crippen molar-refractivity contribution in [3.05, 3.63) is 60.2 Å². The average molecular weight is 454 g/mol. The fraction of sp³-hybridized carbons (Fsp3) is 0.304. The first-order valence-electron chi connectivity index (χ1n) is 10.7. The van der Waals surface area contributed by atoms with Crippen molar-refractivity contribution in [3.8, 4) is 0 Å². The monoisotopic (exact) mass is 454 g/mol. The summed E-state index contributed by atoms with van der Waals surface area (Å²) in [6, 6.07) is 11.6. The van der Waals surface area contributed by atoms with Gasteiger partial charge in [-0.25, -0.2) is 8.78 Å². The topological polar surface area (TPSA) is 92.3 Å². The molecule has 1 saturated heterocycles. The Kier molecular flexibility index (Phi) is 6.92. The molecule has 1 aliphatic rings. The van der Waals surface area contributed by atoms with Gasteiger partial charge in [0.1, 0.15) is 11.6 Å². The average Bonchev–Trinajstić information content (AvgIpc) is 2.82. The van der Waals surface area contributed by atoms with Crippen LogP contribution in [0.3, 0.4) is 0 Å². The van der Waals surface area contributed by atoms with E-state index in [2.05, 4.69) is 25.6 Å². The number of rotatable bonds is 7. The minimum atomic E-state index is -0.353. The third kappa shape index (κ3) is 5.91. The van der Waals surface area contributed by atoms with Crippen molar-refractivity contribution in [2.24, 2.45) is 5.92 Å². The molecule has 8 nitrogen and oxygen atoms in total. The first-order chi connectivity index (χ1) is 16.0. The minimum absolute atomic E-state index is 0.231. The zero-order chi connectivity index (χ0) is 23.2. The van der Waals surface area contributed by atoms with E-state index in [1.165, 1.54) is 24.3 Å². The van der Waals surface area contributed by atoms with Crippen LogP contribution in [0.1, 0.15) is 19.8 Å². The second-order valence-corrected chi connectivity index (χ2v) is 7.58. The van der Waals surface area contributed by atoms with Crippen LogP contribution in [-0.4, -0.2) is 40.6 Å². The van der Waals surface area contributed by atoms with Crippen molar-refractivity contribution in [1.82, 2.24) is 15.0 Å². The summed E-state index contributed by atoms with van der Waals surface area (Å²) in [5, 5.41) is 6.11. The number of carbonyl (C=O) groups is 1. The predicted molar refractivity (Wildman–Crippen MR) is 121 cm³/mol. The molecule has 0 aliphatic carbocycles. The van der Waals surface area contributed by atoms with Crippen LogP contribution in [0.2, 0.25) is 0 Å². The van der Waals surface area contributed by atoms with Gasteiger partial charge in [0.05, 0.1) is 12.5 Å². The van der Waals surface area contributed by atoms with Crippen LogP contribution in [0.25, 0.3) is 0 Å². The molecule has 2 heterocycles. The molecular weight excluding hydrogens is 430 g/mol. The van der Waals surface area contributed by atoms with Crippen molar-refractivity contribution in [1.29, 1.82) is 0 Å². The lowest BCUT2D eigenvalue weighted by atomic mass is 9.98. The predicted octanol–water partition coefficient (Wildman–Crippen LogP) is 4.42. The van der Waals surface area contributed by atoms with Crippen LogP contribution in [0.5, 0.6) is 0 Å². The lowest BCUT2D eigenvalue weighted by molar-refractivity contribution is -0.148. The van der Waals surface area contributed by atoms with Crippen LogP contribution in [-0.2, 0) is 9.53 Å². The summed E-state index contributed by atoms with van der Waals surface area (Å²) >= 11 is 0. The van der Waals surface area contributed by atoms with Crippen LogP contribution in [0.4, 0.5) is 38.0 Å². The molecule has 1 atom stereocenters. The standard InChI is InChI=1S/C23H24F2N6O2/c1-2-33-20(32)15-4-3-13-31(14-15)23-29-21(26-18-9-5-16(24)6-10-18)28-22(30-23)27-19-11-7-17(25)8-12-19/h5-12,15H,2-4,13-14H2,1H3,(H2,26,27,28,29,30)/t15-/m0/s1. The Balaban J connectivity index is 1.62. The minimum Gasteiger partial charge on any atom is -0.466 e. The summed E-state index contributed by atoms with van der Waals surface area (Å²) < 4.78 is 31.7. The molecule has 0 saturated carbocycles. The number of aromatic nitrogens is 3. The largest absolute Gasteiger partial charge is 0.466 e. The number of hydrogen-bond donors (Lipinski definition) is 2. The maximum atomic E-state index is 13.3. The lowest BCUT2D eigenvalue weighted by Crippen LogP contribution is -2.40. The zero-order valence-electron chi connectivity index (χ0n) is 18.1. The van der Waals surface area contributed by atoms with Gasteiger partial charge in [0, 0.05) is 24.5 Å². The second kappa shape index (κ2) is 10.2. The highest BCUT2D eigenvalue weighted by atomic mass is 19.1. The molecule has 1 aromatic heterocycles. The van der Waals surface area contributed by atoms with Gasteiger partial charge in [-0.1, -0.05) is 0 Å². The molecule has 2 aromatic carbocycles. The van der Waals surface area contributed by atoms with Gasteiger partial charge in [0.15, 0.2) is 0 Å². The van der Waals surface area contributed by atoms with Gasteiger partial charge in [-0.2, -0.15) is 15.0 Å². The molecule has 172 valence electrons. The number of ether oxygens (including phenoxy) is 1. The van der Waals surface area contributed by atoms with Gasteiger partial charge in [-0.15, -0.1) is 0 Å². The van der Waals surface area contributed by atoms with Crippen molar-refractivity contribution < 1.29 is 18.3 Å². The number of anilines is 5. The summed E-state index contributed by atoms with van der Waals surface area (Å²) in [6.07, 6.45) is 1.53. The fourth-order valence-electron chi connectivity index (χ4n) is 3.55. The Morgan fingerprint density at radius 1 is 0.970 bits per heavy atom.